The van der Waals surface area contributed by atoms with Gasteiger partial charge in [0.1, 0.15) is 5.75 Å². The van der Waals surface area contributed by atoms with Crippen molar-refractivity contribution < 1.29 is 9.53 Å². The van der Waals surface area contributed by atoms with Crippen LogP contribution >= 0.6 is 0 Å². The summed E-state index contributed by atoms with van der Waals surface area (Å²) in [6.07, 6.45) is 0.430. The zero-order chi connectivity index (χ0) is 12.9. The Labute approximate surface area is 106 Å². The van der Waals surface area contributed by atoms with Crippen molar-refractivity contribution in [2.75, 3.05) is 5.32 Å². The van der Waals surface area contributed by atoms with Crippen LogP contribution < -0.4 is 10.1 Å². The van der Waals surface area contributed by atoms with Gasteiger partial charge in [-0.15, -0.1) is 0 Å². The molecule has 4 nitrogen and oxygen atoms in total. The molecule has 18 heavy (non-hydrogen) atoms. The van der Waals surface area contributed by atoms with Crippen molar-refractivity contribution in [2.24, 2.45) is 5.92 Å². The molecular weight excluding hydrogens is 228 g/mol. The van der Waals surface area contributed by atoms with E-state index in [2.05, 4.69) is 18.3 Å². The van der Waals surface area contributed by atoms with E-state index in [0.717, 1.165) is 12.0 Å². The average Bonchev–Trinajstić information content (AvgIpc) is 3.03. The lowest BCUT2D eigenvalue weighted by atomic mass is 9.95. The molecule has 1 aromatic rings. The van der Waals surface area contributed by atoms with Crippen molar-refractivity contribution in [1.82, 2.24) is 0 Å². The Morgan fingerprint density at radius 2 is 2.33 bits per heavy atom. The maximum atomic E-state index is 11.6. The van der Waals surface area contributed by atoms with Crippen LogP contribution in [0.5, 0.6) is 5.75 Å². The summed E-state index contributed by atoms with van der Waals surface area (Å²) in [5, 5.41) is 11.8. The van der Waals surface area contributed by atoms with Crippen LogP contribution in [0.1, 0.15) is 25.8 Å². The highest BCUT2D eigenvalue weighted by Gasteiger charge is 2.52. The number of nitrogens with one attached hydrogen (secondary N) is 1. The first kappa shape index (κ1) is 11.1. The molecule has 3 unspecified atom stereocenters. The van der Waals surface area contributed by atoms with Crippen molar-refractivity contribution >= 4 is 11.6 Å². The summed E-state index contributed by atoms with van der Waals surface area (Å²) in [6, 6.07) is 8.09. The van der Waals surface area contributed by atoms with Crippen LogP contribution in [0.15, 0.2) is 18.2 Å². The fourth-order valence-electron chi connectivity index (χ4n) is 2.44. The lowest BCUT2D eigenvalue weighted by Gasteiger charge is -2.24. The van der Waals surface area contributed by atoms with Gasteiger partial charge in [-0.1, -0.05) is 13.0 Å². The highest BCUT2D eigenvalue weighted by molar-refractivity contribution is 5.97. The van der Waals surface area contributed by atoms with Crippen LogP contribution in [0.4, 0.5) is 5.69 Å². The number of carbonyl (C=O) groups is 1. The molecule has 1 heterocycles. The van der Waals surface area contributed by atoms with Crippen molar-refractivity contribution in [2.45, 2.75) is 31.8 Å². The number of carbonyl (C=O) groups excluding carboxylic acids is 1. The second-order valence-electron chi connectivity index (χ2n) is 5.26. The quantitative estimate of drug-likeness (QED) is 0.821. The Hall–Kier alpha value is -2.02. The van der Waals surface area contributed by atoms with E-state index >= 15 is 0 Å². The molecule has 1 aromatic carbocycles. The maximum Gasteiger partial charge on any atom is 0.265 e. The van der Waals surface area contributed by atoms with Crippen molar-refractivity contribution in [3.63, 3.8) is 0 Å². The van der Waals surface area contributed by atoms with E-state index in [1.807, 2.05) is 18.2 Å². The summed E-state index contributed by atoms with van der Waals surface area (Å²) < 4.78 is 5.51. The molecule has 1 saturated carbocycles. The highest BCUT2D eigenvalue weighted by Crippen LogP contribution is 2.54. The van der Waals surface area contributed by atoms with Crippen LogP contribution in [0, 0.1) is 17.2 Å². The number of nitriles is 1. The first-order valence-corrected chi connectivity index (χ1v) is 6.06. The van der Waals surface area contributed by atoms with E-state index < -0.39 is 6.10 Å². The highest BCUT2D eigenvalue weighted by atomic mass is 16.5. The molecule has 0 bridgehead atoms. The van der Waals surface area contributed by atoms with Crippen molar-refractivity contribution in [3.05, 3.63) is 23.8 Å². The number of rotatable bonds is 1. The van der Waals surface area contributed by atoms with Gasteiger partial charge in [0.2, 0.25) is 0 Å². The van der Waals surface area contributed by atoms with Gasteiger partial charge in [0.05, 0.1) is 17.7 Å². The molecule has 4 heteroatoms. The van der Waals surface area contributed by atoms with Crippen LogP contribution in [-0.4, -0.2) is 12.0 Å². The van der Waals surface area contributed by atoms with Crippen LogP contribution in [0.3, 0.4) is 0 Å². The second kappa shape index (κ2) is 3.49. The number of hydrogen-bond acceptors (Lipinski definition) is 3. The molecule has 0 saturated heterocycles. The fourth-order valence-corrected chi connectivity index (χ4v) is 2.44. The molecule has 1 N–H and O–H groups in total. The summed E-state index contributed by atoms with van der Waals surface area (Å²) >= 11 is 0. The molecular formula is C14H14N2O2. The largest absolute Gasteiger partial charge is 0.479 e. The van der Waals surface area contributed by atoms with Gasteiger partial charge in [0.25, 0.3) is 5.91 Å². The van der Waals surface area contributed by atoms with Gasteiger partial charge in [-0.2, -0.15) is 5.26 Å². The van der Waals surface area contributed by atoms with Crippen LogP contribution in [-0.2, 0) is 10.2 Å². The van der Waals surface area contributed by atoms with Gasteiger partial charge in [0, 0.05) is 5.41 Å². The lowest BCUT2D eigenvalue weighted by Crippen LogP contribution is -2.34. The molecule has 0 radical (unpaired) electrons. The molecule has 1 aliphatic heterocycles. The minimum atomic E-state index is -0.452. The molecule has 92 valence electrons. The summed E-state index contributed by atoms with van der Waals surface area (Å²) in [5.74, 6) is 0.649. The lowest BCUT2D eigenvalue weighted by molar-refractivity contribution is -0.122. The number of hydrogen-bond donors (Lipinski definition) is 1. The Morgan fingerprint density at radius 1 is 1.56 bits per heavy atom. The Balaban J connectivity index is 1.96. The first-order chi connectivity index (χ1) is 8.54. The van der Waals surface area contributed by atoms with Crippen LogP contribution in [0.2, 0.25) is 0 Å². The predicted octanol–water partition coefficient (Wildman–Crippen LogP) is 2.21. The van der Waals surface area contributed by atoms with Crippen molar-refractivity contribution in [1.29, 1.82) is 5.26 Å². The summed E-state index contributed by atoms with van der Waals surface area (Å²) in [5.41, 5.74) is 1.73. The zero-order valence-electron chi connectivity index (χ0n) is 10.4. The molecule has 1 amide bonds. The molecule has 0 spiro atoms. The van der Waals surface area contributed by atoms with Crippen molar-refractivity contribution in [3.8, 4) is 11.8 Å². The first-order valence-electron chi connectivity index (χ1n) is 6.06. The summed E-state index contributed by atoms with van der Waals surface area (Å²) in [7, 11) is 0. The van der Waals surface area contributed by atoms with Crippen LogP contribution in [0.25, 0.3) is 0 Å². The molecule has 2 aliphatic rings. The molecule has 3 rings (SSSR count). The van der Waals surface area contributed by atoms with E-state index in [0.29, 0.717) is 11.4 Å². The minimum absolute atomic E-state index is 0.0719. The van der Waals surface area contributed by atoms with Gasteiger partial charge in [0.15, 0.2) is 6.10 Å². The topological polar surface area (TPSA) is 62.1 Å². The molecule has 0 aromatic heterocycles. The van der Waals surface area contributed by atoms with Gasteiger partial charge < -0.3 is 10.1 Å². The molecule has 3 atom stereocenters. The van der Waals surface area contributed by atoms with E-state index in [1.54, 1.807) is 6.92 Å². The number of benzene rings is 1. The number of anilines is 1. The monoisotopic (exact) mass is 242 g/mol. The molecule has 1 aliphatic carbocycles. The third kappa shape index (κ3) is 1.47. The third-order valence-electron chi connectivity index (χ3n) is 3.96. The van der Waals surface area contributed by atoms with Gasteiger partial charge >= 0.3 is 0 Å². The third-order valence-corrected chi connectivity index (χ3v) is 3.96. The van der Waals surface area contributed by atoms with Gasteiger partial charge in [-0.3, -0.25) is 4.79 Å². The predicted molar refractivity (Wildman–Crippen MR) is 66.2 cm³/mol. The Morgan fingerprint density at radius 3 is 3.00 bits per heavy atom. The average molecular weight is 242 g/mol. The SMILES string of the molecule is CC1Oc2ccc(C3(C)CC3C#N)cc2NC1=O. The van der Waals surface area contributed by atoms with E-state index in [4.69, 9.17) is 10.00 Å². The number of fused-ring (bicyclic) bond motifs is 1. The Kier molecular flexibility index (Phi) is 2.15. The van der Waals surface area contributed by atoms with Gasteiger partial charge in [-0.25, -0.2) is 0 Å². The second-order valence-corrected chi connectivity index (χ2v) is 5.26. The van der Waals surface area contributed by atoms with E-state index in [9.17, 15) is 4.79 Å². The summed E-state index contributed by atoms with van der Waals surface area (Å²) in [6.45, 7) is 3.80. The van der Waals surface area contributed by atoms with Gasteiger partial charge in [-0.05, 0) is 31.0 Å². The minimum Gasteiger partial charge on any atom is -0.479 e. The number of amides is 1. The maximum absolute atomic E-state index is 11.6. The number of ether oxygens (including phenoxy) is 1. The Bertz CT molecular complexity index is 576. The summed E-state index contributed by atoms with van der Waals surface area (Å²) in [4.78, 5) is 11.6. The smallest absolute Gasteiger partial charge is 0.265 e. The molecule has 1 fully saturated rings. The zero-order valence-corrected chi connectivity index (χ0v) is 10.4. The van der Waals surface area contributed by atoms with E-state index in [-0.39, 0.29) is 17.2 Å². The standard InChI is InChI=1S/C14H14N2O2/c1-8-13(17)16-11-5-9(3-4-12(11)18-8)14(2)6-10(14)7-15/h3-5,8,10H,6H2,1-2H3,(H,16,17). The number of nitrogens with zero attached hydrogens (tertiary/aromatic N) is 1. The van der Waals surface area contributed by atoms with E-state index in [1.165, 1.54) is 0 Å². The fraction of sp³-hybridized carbons (Fsp3) is 0.429. The normalized spacial score (nSPS) is 32.8.